The van der Waals surface area contributed by atoms with Crippen molar-refractivity contribution >= 4 is 27.3 Å². The second-order valence-electron chi connectivity index (χ2n) is 6.25. The molecule has 1 heterocycles. The predicted octanol–water partition coefficient (Wildman–Crippen LogP) is 5.40. The Morgan fingerprint density at radius 2 is 1.81 bits per heavy atom. The number of nitrogens with zero attached hydrogens (tertiary/aromatic N) is 1. The number of phenolic OH excluding ortho intramolecular Hbond substituents is 1. The van der Waals surface area contributed by atoms with E-state index in [1.807, 2.05) is 61.5 Å². The Balaban J connectivity index is 1.68. The number of phenols is 1. The summed E-state index contributed by atoms with van der Waals surface area (Å²) in [4.78, 5) is 17.2. The largest absolute Gasteiger partial charge is 0.507 e. The van der Waals surface area contributed by atoms with Gasteiger partial charge in [-0.05, 0) is 42.3 Å². The average molecular weight is 359 g/mol. The van der Waals surface area contributed by atoms with Gasteiger partial charge in [0.25, 0.3) is 0 Å². The first-order chi connectivity index (χ1) is 12.6. The van der Waals surface area contributed by atoms with Crippen LogP contribution in [0.2, 0.25) is 0 Å². The van der Waals surface area contributed by atoms with Gasteiger partial charge in [0, 0.05) is 12.0 Å². The van der Waals surface area contributed by atoms with E-state index in [1.54, 1.807) is 12.1 Å². The topological polar surface area (TPSA) is 50.2 Å². The Kier molecular flexibility index (Phi) is 4.27. The van der Waals surface area contributed by atoms with Crippen molar-refractivity contribution in [2.45, 2.75) is 13.3 Å². The van der Waals surface area contributed by atoms with E-state index in [2.05, 4.69) is 4.98 Å². The molecule has 1 N–H and O–H groups in total. The first-order valence-corrected chi connectivity index (χ1v) is 9.20. The van der Waals surface area contributed by atoms with Gasteiger partial charge in [0.15, 0.2) is 5.78 Å². The van der Waals surface area contributed by atoms with Crippen LogP contribution in [0.4, 0.5) is 0 Å². The highest BCUT2D eigenvalue weighted by molar-refractivity contribution is 7.21. The van der Waals surface area contributed by atoms with Gasteiger partial charge < -0.3 is 5.11 Å². The van der Waals surface area contributed by atoms with E-state index in [0.717, 1.165) is 31.9 Å². The number of aromatic hydroxyl groups is 1. The van der Waals surface area contributed by atoms with Crippen LogP contribution >= 0.6 is 11.3 Å². The molecule has 0 amide bonds. The van der Waals surface area contributed by atoms with Crippen LogP contribution in [-0.4, -0.2) is 15.9 Å². The summed E-state index contributed by atoms with van der Waals surface area (Å²) in [6, 6.07) is 20.8. The number of benzene rings is 3. The predicted molar refractivity (Wildman–Crippen MR) is 106 cm³/mol. The van der Waals surface area contributed by atoms with Crippen molar-refractivity contribution in [1.29, 1.82) is 0 Å². The molecule has 4 heteroatoms. The summed E-state index contributed by atoms with van der Waals surface area (Å²) in [5, 5.41) is 11.0. The highest BCUT2D eigenvalue weighted by atomic mass is 32.1. The minimum Gasteiger partial charge on any atom is -0.507 e. The number of thiazole rings is 1. The van der Waals surface area contributed by atoms with Crippen LogP contribution in [0.5, 0.6) is 5.75 Å². The van der Waals surface area contributed by atoms with Crippen LogP contribution in [0, 0.1) is 6.92 Å². The number of ketones is 1. The minimum atomic E-state index is 0.0732. The summed E-state index contributed by atoms with van der Waals surface area (Å²) in [7, 11) is 0. The first kappa shape index (κ1) is 16.5. The van der Waals surface area contributed by atoms with E-state index < -0.39 is 0 Å². The monoisotopic (exact) mass is 359 g/mol. The summed E-state index contributed by atoms with van der Waals surface area (Å²) in [5.74, 6) is 0.250. The van der Waals surface area contributed by atoms with Gasteiger partial charge in [0.05, 0.1) is 15.8 Å². The Hall–Kier alpha value is -2.98. The fraction of sp³-hybridized carbons (Fsp3) is 0.0909. The Labute approximate surface area is 155 Å². The van der Waals surface area contributed by atoms with Crippen LogP contribution < -0.4 is 0 Å². The summed E-state index contributed by atoms with van der Waals surface area (Å²) >= 11 is 1.53. The van der Waals surface area contributed by atoms with Gasteiger partial charge in [-0.3, -0.25) is 4.79 Å². The van der Waals surface area contributed by atoms with E-state index in [4.69, 9.17) is 0 Å². The molecule has 26 heavy (non-hydrogen) atoms. The Morgan fingerprint density at radius 1 is 1.04 bits per heavy atom. The zero-order valence-corrected chi connectivity index (χ0v) is 15.1. The molecule has 0 spiro atoms. The molecule has 128 valence electrons. The molecule has 0 saturated carbocycles. The average Bonchev–Trinajstić information content (AvgIpc) is 3.07. The van der Waals surface area contributed by atoms with Crippen molar-refractivity contribution < 1.29 is 9.90 Å². The van der Waals surface area contributed by atoms with Crippen molar-refractivity contribution in [2.75, 3.05) is 0 Å². The van der Waals surface area contributed by atoms with Gasteiger partial charge in [0.1, 0.15) is 10.8 Å². The maximum absolute atomic E-state index is 12.6. The fourth-order valence-corrected chi connectivity index (χ4v) is 4.01. The number of Topliss-reactive ketones (excluding diaryl/α,β-unsaturated/α-hetero) is 1. The number of carbonyl (C=O) groups excluding carboxylic acids is 1. The zero-order valence-electron chi connectivity index (χ0n) is 14.3. The molecule has 3 aromatic carbocycles. The number of para-hydroxylation sites is 1. The zero-order chi connectivity index (χ0) is 18.1. The molecule has 4 aromatic rings. The molecule has 0 atom stereocenters. The lowest BCUT2D eigenvalue weighted by Crippen LogP contribution is -2.05. The third-order valence-electron chi connectivity index (χ3n) is 4.40. The molecule has 0 aliphatic heterocycles. The Bertz CT molecular complexity index is 1080. The molecule has 0 aliphatic rings. The second kappa shape index (κ2) is 6.73. The summed E-state index contributed by atoms with van der Waals surface area (Å²) in [6.07, 6.45) is 0.295. The molecule has 0 saturated heterocycles. The van der Waals surface area contributed by atoms with Gasteiger partial charge in [0.2, 0.25) is 0 Å². The number of carbonyl (C=O) groups is 1. The maximum atomic E-state index is 12.6. The number of hydrogen-bond donors (Lipinski definition) is 1. The normalized spacial score (nSPS) is 11.0. The SMILES string of the molecule is Cc1ccccc1C(=O)Cc1ccc(O)c(-c2nc3ccccc3s2)c1. The molecule has 0 bridgehead atoms. The lowest BCUT2D eigenvalue weighted by molar-refractivity contribution is 0.0992. The summed E-state index contributed by atoms with van der Waals surface area (Å²) in [5.41, 5.74) is 4.16. The van der Waals surface area contributed by atoms with Crippen molar-refractivity contribution in [1.82, 2.24) is 4.98 Å². The summed E-state index contributed by atoms with van der Waals surface area (Å²) in [6.45, 7) is 1.94. The van der Waals surface area contributed by atoms with Crippen molar-refractivity contribution in [2.24, 2.45) is 0 Å². The van der Waals surface area contributed by atoms with Crippen molar-refractivity contribution in [3.8, 4) is 16.3 Å². The van der Waals surface area contributed by atoms with Gasteiger partial charge >= 0.3 is 0 Å². The highest BCUT2D eigenvalue weighted by Crippen LogP contribution is 2.35. The molecular weight excluding hydrogens is 342 g/mol. The maximum Gasteiger partial charge on any atom is 0.167 e. The van der Waals surface area contributed by atoms with Gasteiger partial charge in [-0.2, -0.15) is 0 Å². The lowest BCUT2D eigenvalue weighted by Gasteiger charge is -2.07. The van der Waals surface area contributed by atoms with Crippen LogP contribution in [0.25, 0.3) is 20.8 Å². The summed E-state index contributed by atoms with van der Waals surface area (Å²) < 4.78 is 1.07. The molecule has 0 aliphatic carbocycles. The van der Waals surface area contributed by atoms with Crippen LogP contribution in [0.3, 0.4) is 0 Å². The van der Waals surface area contributed by atoms with Crippen LogP contribution in [-0.2, 0) is 6.42 Å². The molecule has 4 rings (SSSR count). The van der Waals surface area contributed by atoms with E-state index in [-0.39, 0.29) is 11.5 Å². The minimum absolute atomic E-state index is 0.0732. The number of fused-ring (bicyclic) bond motifs is 1. The second-order valence-corrected chi connectivity index (χ2v) is 7.28. The first-order valence-electron chi connectivity index (χ1n) is 8.38. The lowest BCUT2D eigenvalue weighted by atomic mass is 9.98. The standard InChI is InChI=1S/C22H17NO2S/c1-14-6-2-3-7-16(14)20(25)13-15-10-11-19(24)17(12-15)22-23-18-8-4-5-9-21(18)26-22/h2-12,24H,13H2,1H3. The van der Waals surface area contributed by atoms with Gasteiger partial charge in [-0.15, -0.1) is 11.3 Å². The van der Waals surface area contributed by atoms with Crippen molar-refractivity contribution in [3.63, 3.8) is 0 Å². The molecule has 3 nitrogen and oxygen atoms in total. The fourth-order valence-electron chi connectivity index (χ4n) is 3.02. The third-order valence-corrected chi connectivity index (χ3v) is 5.47. The Morgan fingerprint density at radius 3 is 2.62 bits per heavy atom. The quantitative estimate of drug-likeness (QED) is 0.496. The molecule has 0 radical (unpaired) electrons. The number of rotatable bonds is 4. The molecule has 0 unspecified atom stereocenters. The van der Waals surface area contributed by atoms with E-state index in [0.29, 0.717) is 12.0 Å². The van der Waals surface area contributed by atoms with Crippen LogP contribution in [0.1, 0.15) is 21.5 Å². The van der Waals surface area contributed by atoms with E-state index in [9.17, 15) is 9.90 Å². The number of hydrogen-bond acceptors (Lipinski definition) is 4. The van der Waals surface area contributed by atoms with E-state index in [1.165, 1.54) is 11.3 Å². The number of aryl methyl sites for hydroxylation is 1. The third kappa shape index (κ3) is 3.11. The molecular formula is C22H17NO2S. The van der Waals surface area contributed by atoms with Gasteiger partial charge in [-0.25, -0.2) is 4.98 Å². The molecule has 1 aromatic heterocycles. The number of aromatic nitrogens is 1. The smallest absolute Gasteiger partial charge is 0.167 e. The molecule has 0 fully saturated rings. The van der Waals surface area contributed by atoms with Gasteiger partial charge in [-0.1, -0.05) is 42.5 Å². The van der Waals surface area contributed by atoms with E-state index >= 15 is 0 Å². The highest BCUT2D eigenvalue weighted by Gasteiger charge is 2.14. The van der Waals surface area contributed by atoms with Crippen molar-refractivity contribution in [3.05, 3.63) is 83.4 Å². The van der Waals surface area contributed by atoms with Crippen LogP contribution in [0.15, 0.2) is 66.7 Å².